The van der Waals surface area contributed by atoms with Crippen molar-refractivity contribution >= 4 is 22.8 Å². The third kappa shape index (κ3) is 7.69. The summed E-state index contributed by atoms with van der Waals surface area (Å²) in [6.07, 6.45) is 4.60. The normalized spacial score (nSPS) is 13.0. The van der Waals surface area contributed by atoms with Gasteiger partial charge in [-0.2, -0.15) is 0 Å². The summed E-state index contributed by atoms with van der Waals surface area (Å²) in [5.74, 6) is -0.310. The van der Waals surface area contributed by atoms with Crippen molar-refractivity contribution in [2.24, 2.45) is 0 Å². The first kappa shape index (κ1) is 23.2. The van der Waals surface area contributed by atoms with E-state index in [4.69, 9.17) is 4.74 Å². The van der Waals surface area contributed by atoms with Gasteiger partial charge in [0.1, 0.15) is 6.10 Å². The number of aryl methyl sites for hydroxylation is 2. The van der Waals surface area contributed by atoms with E-state index in [1.54, 1.807) is 0 Å². The highest BCUT2D eigenvalue weighted by atomic mass is 32.2. The van der Waals surface area contributed by atoms with Crippen molar-refractivity contribution in [3.63, 3.8) is 0 Å². The van der Waals surface area contributed by atoms with E-state index in [1.165, 1.54) is 22.9 Å². The fourth-order valence-electron chi connectivity index (χ4n) is 3.26. The third-order valence-corrected chi connectivity index (χ3v) is 5.78. The zero-order chi connectivity index (χ0) is 21.2. The van der Waals surface area contributed by atoms with Gasteiger partial charge in [0.05, 0.1) is 5.56 Å². The molecule has 0 N–H and O–H groups in total. The maximum Gasteiger partial charge on any atom is 0.338 e. The lowest BCUT2D eigenvalue weighted by Gasteiger charge is -2.17. The average Bonchev–Trinajstić information content (AvgIpc) is 2.69. The van der Waals surface area contributed by atoms with Crippen LogP contribution >= 0.6 is 11.8 Å². The Morgan fingerprint density at radius 3 is 1.79 bits per heavy atom. The van der Waals surface area contributed by atoms with Crippen LogP contribution in [0.3, 0.4) is 0 Å². The van der Waals surface area contributed by atoms with Crippen LogP contribution in [0.1, 0.15) is 78.8 Å². The van der Waals surface area contributed by atoms with E-state index >= 15 is 0 Å². The van der Waals surface area contributed by atoms with E-state index in [9.17, 15) is 9.59 Å². The maximum atomic E-state index is 12.5. The summed E-state index contributed by atoms with van der Waals surface area (Å²) in [5.41, 5.74) is 3.77. The van der Waals surface area contributed by atoms with Gasteiger partial charge in [-0.05, 0) is 49.4 Å². The molecule has 0 aliphatic heterocycles. The number of carbonyl (C=O) groups excluding carboxylic acids is 2. The minimum atomic E-state index is -0.310. The molecular weight excluding hydrogens is 380 g/mol. The molecule has 2 rings (SSSR count). The van der Waals surface area contributed by atoms with Gasteiger partial charge in [0, 0.05) is 10.8 Å². The summed E-state index contributed by atoms with van der Waals surface area (Å²) in [6, 6.07) is 15.5. The average molecular weight is 413 g/mol. The Morgan fingerprint density at radius 1 is 0.828 bits per heavy atom. The zero-order valence-corrected chi connectivity index (χ0v) is 18.8. The molecule has 0 aromatic heterocycles. The van der Waals surface area contributed by atoms with E-state index in [0.29, 0.717) is 12.0 Å². The van der Waals surface area contributed by atoms with Gasteiger partial charge in [0.15, 0.2) is 0 Å². The second-order valence-corrected chi connectivity index (χ2v) is 8.97. The Kier molecular flexibility index (Phi) is 9.46. The van der Waals surface area contributed by atoms with Crippen molar-refractivity contribution in [1.82, 2.24) is 0 Å². The highest BCUT2D eigenvalue weighted by Gasteiger charge is 2.18. The Bertz CT molecular complexity index is 713. The molecule has 29 heavy (non-hydrogen) atoms. The lowest BCUT2D eigenvalue weighted by molar-refractivity contribution is 0.0326. The highest BCUT2D eigenvalue weighted by molar-refractivity contribution is 8.14. The molecule has 0 saturated heterocycles. The third-order valence-electron chi connectivity index (χ3n) is 4.74. The number of hydrogen-bond donors (Lipinski definition) is 0. The number of carbonyl (C=O) groups is 2. The molecule has 0 aliphatic rings. The molecule has 0 aliphatic carbocycles. The molecule has 0 spiro atoms. The van der Waals surface area contributed by atoms with Crippen molar-refractivity contribution in [1.29, 1.82) is 0 Å². The van der Waals surface area contributed by atoms with E-state index in [2.05, 4.69) is 13.8 Å². The van der Waals surface area contributed by atoms with Crippen LogP contribution < -0.4 is 0 Å². The predicted octanol–water partition coefficient (Wildman–Crippen LogP) is 6.49. The molecular formula is C25H32O3S. The summed E-state index contributed by atoms with van der Waals surface area (Å²) in [6.45, 7) is 8.16. The van der Waals surface area contributed by atoms with Gasteiger partial charge < -0.3 is 4.74 Å². The van der Waals surface area contributed by atoms with Crippen LogP contribution in [0.15, 0.2) is 48.5 Å². The first-order chi connectivity index (χ1) is 13.9. The lowest BCUT2D eigenvalue weighted by atomic mass is 10.1. The van der Waals surface area contributed by atoms with Gasteiger partial charge >= 0.3 is 5.97 Å². The van der Waals surface area contributed by atoms with Gasteiger partial charge in [-0.1, -0.05) is 81.8 Å². The largest absolute Gasteiger partial charge is 0.459 e. The van der Waals surface area contributed by atoms with Gasteiger partial charge in [0.2, 0.25) is 5.12 Å². The van der Waals surface area contributed by atoms with Crippen LogP contribution in [0.5, 0.6) is 0 Å². The SMILES string of the molecule is CCCc1ccc(C(=O)OC(C)CC(C)SC(=O)c2ccc(CCC)cc2)cc1. The molecule has 3 nitrogen and oxygen atoms in total. The van der Waals surface area contributed by atoms with Crippen LogP contribution in [-0.2, 0) is 17.6 Å². The molecule has 2 aromatic rings. The van der Waals surface area contributed by atoms with E-state index < -0.39 is 0 Å². The summed E-state index contributed by atoms with van der Waals surface area (Å²) in [7, 11) is 0. The van der Waals surface area contributed by atoms with Gasteiger partial charge in [-0.3, -0.25) is 4.79 Å². The van der Waals surface area contributed by atoms with Crippen LogP contribution in [-0.4, -0.2) is 22.4 Å². The number of thioether (sulfide) groups is 1. The van der Waals surface area contributed by atoms with Crippen molar-refractivity contribution in [2.75, 3.05) is 0 Å². The number of ether oxygens (including phenoxy) is 1. The molecule has 2 unspecified atom stereocenters. The van der Waals surface area contributed by atoms with Gasteiger partial charge in [-0.25, -0.2) is 4.79 Å². The Hall–Kier alpha value is -2.07. The first-order valence-electron chi connectivity index (χ1n) is 10.5. The molecule has 0 fully saturated rings. The number of hydrogen-bond acceptors (Lipinski definition) is 4. The van der Waals surface area contributed by atoms with Crippen molar-refractivity contribution < 1.29 is 14.3 Å². The van der Waals surface area contributed by atoms with Crippen molar-refractivity contribution in [2.45, 2.75) is 71.2 Å². The minimum absolute atomic E-state index is 0.0607. The first-order valence-corrected chi connectivity index (χ1v) is 11.4. The molecule has 0 bridgehead atoms. The van der Waals surface area contributed by atoms with Crippen molar-refractivity contribution in [3.8, 4) is 0 Å². The van der Waals surface area contributed by atoms with E-state index in [0.717, 1.165) is 31.2 Å². The summed E-state index contributed by atoms with van der Waals surface area (Å²) in [5, 5.41) is 0.123. The monoisotopic (exact) mass is 412 g/mol. The number of benzene rings is 2. The standard InChI is InChI=1S/C25H32O3S/c1-5-7-20-9-13-22(14-10-20)24(26)28-18(3)17-19(4)29-25(27)23-15-11-21(8-6-2)12-16-23/h9-16,18-19H,5-8,17H2,1-4H3. The molecule has 0 amide bonds. The fourth-order valence-corrected chi connectivity index (χ4v) is 4.26. The fraction of sp³-hybridized carbons (Fsp3) is 0.440. The number of rotatable bonds is 10. The maximum absolute atomic E-state index is 12.5. The molecule has 0 heterocycles. The molecule has 4 heteroatoms. The molecule has 2 atom stereocenters. The summed E-state index contributed by atoms with van der Waals surface area (Å²) in [4.78, 5) is 24.8. The second kappa shape index (κ2) is 11.8. The molecule has 0 saturated carbocycles. The Balaban J connectivity index is 1.82. The molecule has 0 radical (unpaired) electrons. The lowest BCUT2D eigenvalue weighted by Crippen LogP contribution is -2.19. The van der Waals surface area contributed by atoms with Crippen LogP contribution in [0, 0.1) is 0 Å². The van der Waals surface area contributed by atoms with Gasteiger partial charge in [-0.15, -0.1) is 0 Å². The van der Waals surface area contributed by atoms with Gasteiger partial charge in [0.25, 0.3) is 0 Å². The van der Waals surface area contributed by atoms with Crippen LogP contribution in [0.25, 0.3) is 0 Å². The molecule has 156 valence electrons. The predicted molar refractivity (Wildman–Crippen MR) is 122 cm³/mol. The number of esters is 1. The topological polar surface area (TPSA) is 43.4 Å². The van der Waals surface area contributed by atoms with Crippen molar-refractivity contribution in [3.05, 3.63) is 70.8 Å². The Morgan fingerprint density at radius 2 is 1.31 bits per heavy atom. The smallest absolute Gasteiger partial charge is 0.338 e. The van der Waals surface area contributed by atoms with Crippen LogP contribution in [0.4, 0.5) is 0 Å². The van der Waals surface area contributed by atoms with E-state index in [1.807, 2.05) is 62.4 Å². The van der Waals surface area contributed by atoms with E-state index in [-0.39, 0.29) is 22.4 Å². The highest BCUT2D eigenvalue weighted by Crippen LogP contribution is 2.23. The quantitative estimate of drug-likeness (QED) is 0.418. The zero-order valence-electron chi connectivity index (χ0n) is 17.9. The minimum Gasteiger partial charge on any atom is -0.459 e. The summed E-state index contributed by atoms with van der Waals surface area (Å²) < 4.78 is 5.57. The Labute approximate surface area is 179 Å². The molecule has 2 aromatic carbocycles. The second-order valence-electron chi connectivity index (χ2n) is 7.56. The summed E-state index contributed by atoms with van der Waals surface area (Å²) >= 11 is 1.30. The van der Waals surface area contributed by atoms with Crippen LogP contribution in [0.2, 0.25) is 0 Å².